The first-order valence-electron chi connectivity index (χ1n) is 5.27. The molecule has 0 spiro atoms. The van der Waals surface area contributed by atoms with E-state index in [9.17, 15) is 4.79 Å². The topological polar surface area (TPSA) is 17.1 Å². The molecule has 0 aromatic carbocycles. The first-order chi connectivity index (χ1) is 6.20. The minimum Gasteiger partial charge on any atom is -0.303 e. The average molecular weight is 182 g/mol. The highest BCUT2D eigenvalue weighted by molar-refractivity contribution is 5.49. The van der Waals surface area contributed by atoms with Gasteiger partial charge in [0.15, 0.2) is 0 Å². The summed E-state index contributed by atoms with van der Waals surface area (Å²) in [5.74, 6) is 0.713. The van der Waals surface area contributed by atoms with Crippen molar-refractivity contribution in [1.29, 1.82) is 0 Å². The molecule has 0 aliphatic rings. The lowest BCUT2D eigenvalue weighted by atomic mass is 9.94. The summed E-state index contributed by atoms with van der Waals surface area (Å²) in [4.78, 5) is 10.2. The third-order valence-corrected chi connectivity index (χ3v) is 2.25. The quantitative estimate of drug-likeness (QED) is 0.433. The minimum atomic E-state index is 0.713. The van der Waals surface area contributed by atoms with Crippen LogP contribution in [-0.4, -0.2) is 6.29 Å². The van der Waals surface area contributed by atoms with E-state index in [0.717, 1.165) is 25.5 Å². The van der Waals surface area contributed by atoms with Gasteiger partial charge in [-0.15, -0.1) is 0 Å². The summed E-state index contributed by atoms with van der Waals surface area (Å²) >= 11 is 0. The van der Waals surface area contributed by atoms with E-state index in [1.807, 2.05) is 0 Å². The molecule has 0 aromatic rings. The van der Waals surface area contributed by atoms with Crippen LogP contribution in [-0.2, 0) is 4.79 Å². The van der Waals surface area contributed by atoms with Crippen molar-refractivity contribution >= 4 is 6.29 Å². The molecule has 1 heteroatoms. The van der Waals surface area contributed by atoms with Crippen molar-refractivity contribution in [3.63, 3.8) is 0 Å². The molecule has 0 N–H and O–H groups in total. The third-order valence-electron chi connectivity index (χ3n) is 2.25. The van der Waals surface area contributed by atoms with E-state index in [0.29, 0.717) is 5.92 Å². The zero-order chi connectivity index (χ0) is 10.1. The van der Waals surface area contributed by atoms with Crippen LogP contribution >= 0.6 is 0 Å². The smallest absolute Gasteiger partial charge is 0.120 e. The van der Waals surface area contributed by atoms with E-state index in [4.69, 9.17) is 0 Å². The van der Waals surface area contributed by atoms with Gasteiger partial charge in [-0.05, 0) is 32.6 Å². The first kappa shape index (κ1) is 12.4. The van der Waals surface area contributed by atoms with Gasteiger partial charge in [-0.3, -0.25) is 0 Å². The van der Waals surface area contributed by atoms with Crippen LogP contribution in [0.3, 0.4) is 0 Å². The van der Waals surface area contributed by atoms with E-state index >= 15 is 0 Å². The molecule has 13 heavy (non-hydrogen) atoms. The highest BCUT2D eigenvalue weighted by atomic mass is 16.1. The van der Waals surface area contributed by atoms with E-state index in [-0.39, 0.29) is 0 Å². The number of carbonyl (C=O) groups is 1. The van der Waals surface area contributed by atoms with Gasteiger partial charge in [0.1, 0.15) is 6.29 Å². The van der Waals surface area contributed by atoms with E-state index in [1.165, 1.54) is 18.4 Å². The van der Waals surface area contributed by atoms with Gasteiger partial charge in [-0.1, -0.05) is 31.4 Å². The standard InChI is InChI=1S/C12H22O/c1-4-6-12(7-5-10-13)9-8-11(2)3/h8,10,12H,4-7,9H2,1-3H3. The summed E-state index contributed by atoms with van der Waals surface area (Å²) in [6.45, 7) is 6.46. The molecule has 76 valence electrons. The minimum absolute atomic E-state index is 0.713. The Morgan fingerprint density at radius 2 is 2.00 bits per heavy atom. The van der Waals surface area contributed by atoms with Crippen LogP contribution in [0.5, 0.6) is 0 Å². The summed E-state index contributed by atoms with van der Waals surface area (Å²) < 4.78 is 0. The summed E-state index contributed by atoms with van der Waals surface area (Å²) in [6.07, 6.45) is 8.71. The molecule has 0 aromatic heterocycles. The Bertz CT molecular complexity index is 155. The number of allylic oxidation sites excluding steroid dienone is 2. The van der Waals surface area contributed by atoms with Gasteiger partial charge in [0.05, 0.1) is 0 Å². The monoisotopic (exact) mass is 182 g/mol. The molecule has 1 atom stereocenters. The fraction of sp³-hybridized carbons (Fsp3) is 0.750. The molecule has 0 amide bonds. The summed E-state index contributed by atoms with van der Waals surface area (Å²) in [5, 5.41) is 0. The van der Waals surface area contributed by atoms with Crippen molar-refractivity contribution in [3.8, 4) is 0 Å². The molecule has 0 heterocycles. The predicted octanol–water partition coefficient (Wildman–Crippen LogP) is 3.74. The second-order valence-electron chi connectivity index (χ2n) is 3.92. The van der Waals surface area contributed by atoms with Gasteiger partial charge < -0.3 is 4.79 Å². The van der Waals surface area contributed by atoms with Crippen molar-refractivity contribution in [2.24, 2.45) is 5.92 Å². The second kappa shape index (κ2) is 8.03. The highest BCUT2D eigenvalue weighted by Gasteiger charge is 2.04. The van der Waals surface area contributed by atoms with Crippen LogP contribution < -0.4 is 0 Å². The zero-order valence-corrected chi connectivity index (χ0v) is 9.18. The summed E-state index contributed by atoms with van der Waals surface area (Å²) in [6, 6.07) is 0. The van der Waals surface area contributed by atoms with Gasteiger partial charge in [0.25, 0.3) is 0 Å². The van der Waals surface area contributed by atoms with Gasteiger partial charge in [0, 0.05) is 6.42 Å². The molecule has 0 bridgehead atoms. The lowest BCUT2D eigenvalue weighted by Crippen LogP contribution is -1.99. The van der Waals surface area contributed by atoms with Crippen molar-refractivity contribution in [2.75, 3.05) is 0 Å². The van der Waals surface area contributed by atoms with E-state index in [1.54, 1.807) is 0 Å². The lowest BCUT2D eigenvalue weighted by molar-refractivity contribution is -0.108. The third kappa shape index (κ3) is 7.76. The van der Waals surface area contributed by atoms with Gasteiger partial charge in [-0.2, -0.15) is 0 Å². The maximum Gasteiger partial charge on any atom is 0.120 e. The van der Waals surface area contributed by atoms with Gasteiger partial charge in [0.2, 0.25) is 0 Å². The molecule has 0 saturated carbocycles. The van der Waals surface area contributed by atoms with E-state index < -0.39 is 0 Å². The molecule has 1 unspecified atom stereocenters. The Labute approximate surface area is 82.2 Å². The largest absolute Gasteiger partial charge is 0.303 e. The van der Waals surface area contributed by atoms with Crippen LogP contribution in [0.25, 0.3) is 0 Å². The lowest BCUT2D eigenvalue weighted by Gasteiger charge is -2.12. The van der Waals surface area contributed by atoms with Crippen LogP contribution in [0.15, 0.2) is 11.6 Å². The van der Waals surface area contributed by atoms with Crippen molar-refractivity contribution in [1.82, 2.24) is 0 Å². The summed E-state index contributed by atoms with van der Waals surface area (Å²) in [7, 11) is 0. The van der Waals surface area contributed by atoms with Crippen LogP contribution in [0, 0.1) is 5.92 Å². The van der Waals surface area contributed by atoms with Crippen LogP contribution in [0.4, 0.5) is 0 Å². The predicted molar refractivity (Wildman–Crippen MR) is 57.7 cm³/mol. The Morgan fingerprint density at radius 3 is 2.46 bits per heavy atom. The van der Waals surface area contributed by atoms with Gasteiger partial charge in [-0.25, -0.2) is 0 Å². The maximum atomic E-state index is 10.2. The summed E-state index contributed by atoms with van der Waals surface area (Å²) in [5.41, 5.74) is 1.38. The molecule has 1 nitrogen and oxygen atoms in total. The Morgan fingerprint density at radius 1 is 1.31 bits per heavy atom. The highest BCUT2D eigenvalue weighted by Crippen LogP contribution is 2.18. The first-order valence-corrected chi connectivity index (χ1v) is 5.27. The number of hydrogen-bond donors (Lipinski definition) is 0. The van der Waals surface area contributed by atoms with Gasteiger partial charge >= 0.3 is 0 Å². The molecular formula is C12H22O. The molecule has 0 rings (SSSR count). The molecule has 0 radical (unpaired) electrons. The second-order valence-corrected chi connectivity index (χ2v) is 3.92. The number of hydrogen-bond acceptors (Lipinski definition) is 1. The van der Waals surface area contributed by atoms with Crippen molar-refractivity contribution < 1.29 is 4.79 Å². The molecule has 0 aliphatic heterocycles. The normalized spacial score (nSPS) is 12.2. The Balaban J connectivity index is 3.78. The number of rotatable bonds is 7. The number of carbonyl (C=O) groups excluding carboxylic acids is 1. The van der Waals surface area contributed by atoms with E-state index in [2.05, 4.69) is 26.8 Å². The Kier molecular flexibility index (Phi) is 7.66. The Hall–Kier alpha value is -0.590. The molecular weight excluding hydrogens is 160 g/mol. The fourth-order valence-corrected chi connectivity index (χ4v) is 1.49. The van der Waals surface area contributed by atoms with Crippen molar-refractivity contribution in [2.45, 2.75) is 52.9 Å². The molecule has 0 aliphatic carbocycles. The zero-order valence-electron chi connectivity index (χ0n) is 9.18. The fourth-order valence-electron chi connectivity index (χ4n) is 1.49. The van der Waals surface area contributed by atoms with Crippen molar-refractivity contribution in [3.05, 3.63) is 11.6 Å². The maximum absolute atomic E-state index is 10.2. The van der Waals surface area contributed by atoms with Crippen LogP contribution in [0.1, 0.15) is 52.9 Å². The molecule has 0 fully saturated rings. The number of aldehydes is 1. The molecule has 0 saturated heterocycles. The SMILES string of the molecule is CCCC(CC=C(C)C)CCC=O. The van der Waals surface area contributed by atoms with Crippen LogP contribution in [0.2, 0.25) is 0 Å². The average Bonchev–Trinajstić information content (AvgIpc) is 2.09.